The van der Waals surface area contributed by atoms with Crippen molar-refractivity contribution in [3.63, 3.8) is 0 Å². The zero-order chi connectivity index (χ0) is 11.0. The molecule has 0 heterocycles. The van der Waals surface area contributed by atoms with Crippen molar-refractivity contribution < 1.29 is 0 Å². The number of rotatable bonds is 0. The molecule has 0 aliphatic heterocycles. The summed E-state index contributed by atoms with van der Waals surface area (Å²) in [6.07, 6.45) is 3.33. The molecular formula is C12H28. The summed E-state index contributed by atoms with van der Waals surface area (Å²) in [5.74, 6) is 0. The minimum atomic E-state index is 1.25. The second kappa shape index (κ2) is 46.9. The fourth-order valence-electron chi connectivity index (χ4n) is 0. The van der Waals surface area contributed by atoms with Crippen molar-refractivity contribution in [2.45, 2.75) is 54.9 Å². The summed E-state index contributed by atoms with van der Waals surface area (Å²) in [7, 11) is 0. The van der Waals surface area contributed by atoms with Crippen LogP contribution in [0.15, 0.2) is 24.8 Å². The van der Waals surface area contributed by atoms with Crippen LogP contribution in [0.2, 0.25) is 0 Å². The molecule has 0 fully saturated rings. The molecule has 0 heteroatoms. The second-order valence-corrected chi connectivity index (χ2v) is 2.07. The van der Waals surface area contributed by atoms with E-state index in [4.69, 9.17) is 0 Å². The number of hydrogen-bond donors (Lipinski definition) is 0. The maximum absolute atomic E-state index is 3.00. The molecule has 0 rings (SSSR count). The molecule has 0 atom stereocenters. The van der Waals surface area contributed by atoms with Gasteiger partial charge in [-0.1, -0.05) is 45.8 Å². The van der Waals surface area contributed by atoms with E-state index in [2.05, 4.69) is 46.9 Å². The Balaban J connectivity index is -0.0000000397. The van der Waals surface area contributed by atoms with Crippen molar-refractivity contribution in [2.75, 3.05) is 0 Å². The third-order valence-corrected chi connectivity index (χ3v) is 0.577. The Morgan fingerprint density at radius 3 is 1.17 bits per heavy atom. The van der Waals surface area contributed by atoms with Gasteiger partial charge >= 0.3 is 0 Å². The molecule has 0 aromatic heterocycles. The van der Waals surface area contributed by atoms with Crippen molar-refractivity contribution in [3.8, 4) is 0 Å². The summed E-state index contributed by atoms with van der Waals surface area (Å²) in [5, 5.41) is 0. The van der Waals surface area contributed by atoms with E-state index in [1.807, 2.05) is 20.8 Å². The van der Waals surface area contributed by atoms with Gasteiger partial charge in [-0.2, -0.15) is 0 Å². The molecule has 0 aliphatic carbocycles. The van der Waals surface area contributed by atoms with E-state index in [1.54, 1.807) is 0 Å². The molecule has 12 heavy (non-hydrogen) atoms. The van der Waals surface area contributed by atoms with Gasteiger partial charge in [0.15, 0.2) is 0 Å². The predicted octanol–water partition coefficient (Wildman–Crippen LogP) is 5.22. The van der Waals surface area contributed by atoms with E-state index < -0.39 is 0 Å². The Morgan fingerprint density at radius 1 is 1.08 bits per heavy atom. The van der Waals surface area contributed by atoms with Gasteiger partial charge in [-0.15, -0.1) is 13.2 Å². The molecular weight excluding hydrogens is 144 g/mol. The van der Waals surface area contributed by atoms with Crippen molar-refractivity contribution in [3.05, 3.63) is 24.8 Å². The maximum atomic E-state index is 3.00. The Labute approximate surface area is 80.4 Å². The largest absolute Gasteiger partial charge is 0.106 e. The van der Waals surface area contributed by atoms with Crippen molar-refractivity contribution >= 4 is 0 Å². The molecule has 0 saturated heterocycles. The Hall–Kier alpha value is -0.520. The summed E-state index contributed by atoms with van der Waals surface area (Å²) in [5.41, 5.74) is 1.38. The first-order chi connectivity index (χ1) is 5.68. The summed E-state index contributed by atoms with van der Waals surface area (Å²) < 4.78 is 0. The van der Waals surface area contributed by atoms with E-state index in [9.17, 15) is 0 Å². The van der Waals surface area contributed by atoms with Gasteiger partial charge in [0, 0.05) is 0 Å². The molecule has 0 aromatic carbocycles. The highest BCUT2D eigenvalue weighted by Gasteiger charge is 1.60. The molecule has 0 amide bonds. The summed E-state index contributed by atoms with van der Waals surface area (Å²) in [6.45, 7) is 20.5. The second-order valence-electron chi connectivity index (χ2n) is 2.07. The average Bonchev–Trinajstić information content (AvgIpc) is 2.13. The third-order valence-electron chi connectivity index (χ3n) is 0.577. The topological polar surface area (TPSA) is 0 Å². The molecule has 0 aliphatic rings. The third kappa shape index (κ3) is 311. The SMILES string of the molecule is C=C.CC.CC=C(C)C.CCC. The molecule has 0 unspecified atom stereocenters. The van der Waals surface area contributed by atoms with E-state index in [0.29, 0.717) is 0 Å². The highest BCUT2D eigenvalue weighted by molar-refractivity contribution is 4.88. The van der Waals surface area contributed by atoms with Gasteiger partial charge in [0.05, 0.1) is 0 Å². The molecule has 0 radical (unpaired) electrons. The Morgan fingerprint density at radius 2 is 1.17 bits per heavy atom. The zero-order valence-electron chi connectivity index (χ0n) is 10.2. The van der Waals surface area contributed by atoms with Crippen LogP contribution in [0.3, 0.4) is 0 Å². The molecule has 76 valence electrons. The molecule has 0 saturated carbocycles. The van der Waals surface area contributed by atoms with Crippen LogP contribution in [0.1, 0.15) is 54.9 Å². The van der Waals surface area contributed by atoms with Gasteiger partial charge in [-0.05, 0) is 20.8 Å². The van der Waals surface area contributed by atoms with Gasteiger partial charge in [0.1, 0.15) is 0 Å². The van der Waals surface area contributed by atoms with Crippen LogP contribution in [0, 0.1) is 0 Å². The molecule has 0 bridgehead atoms. The van der Waals surface area contributed by atoms with Crippen LogP contribution in [-0.4, -0.2) is 0 Å². The Bertz CT molecular complexity index is 56.4. The lowest BCUT2D eigenvalue weighted by Crippen LogP contribution is -1.52. The highest BCUT2D eigenvalue weighted by atomic mass is 13.7. The molecule has 0 N–H and O–H groups in total. The fraction of sp³-hybridized carbons (Fsp3) is 0.667. The van der Waals surface area contributed by atoms with Gasteiger partial charge < -0.3 is 0 Å². The maximum Gasteiger partial charge on any atom is -0.0442 e. The van der Waals surface area contributed by atoms with Gasteiger partial charge in [-0.3, -0.25) is 0 Å². The first-order valence-corrected chi connectivity index (χ1v) is 4.78. The fourth-order valence-corrected chi connectivity index (χ4v) is 0. The molecule has 0 nitrogen and oxygen atoms in total. The van der Waals surface area contributed by atoms with Crippen LogP contribution in [0.25, 0.3) is 0 Å². The zero-order valence-corrected chi connectivity index (χ0v) is 10.2. The highest BCUT2D eigenvalue weighted by Crippen LogP contribution is 1.82. The van der Waals surface area contributed by atoms with E-state index >= 15 is 0 Å². The van der Waals surface area contributed by atoms with Gasteiger partial charge in [0.2, 0.25) is 0 Å². The van der Waals surface area contributed by atoms with Crippen molar-refractivity contribution in [2.24, 2.45) is 0 Å². The van der Waals surface area contributed by atoms with Gasteiger partial charge in [0.25, 0.3) is 0 Å². The number of allylic oxidation sites excluding steroid dienone is 2. The van der Waals surface area contributed by atoms with Crippen LogP contribution < -0.4 is 0 Å². The summed E-state index contributed by atoms with van der Waals surface area (Å²) in [6, 6.07) is 0. The van der Waals surface area contributed by atoms with Crippen LogP contribution in [0.4, 0.5) is 0 Å². The quantitative estimate of drug-likeness (QED) is 0.440. The van der Waals surface area contributed by atoms with E-state index in [1.165, 1.54) is 12.0 Å². The predicted molar refractivity (Wildman–Crippen MR) is 63.7 cm³/mol. The number of hydrogen-bond acceptors (Lipinski definition) is 0. The van der Waals surface area contributed by atoms with Crippen molar-refractivity contribution in [1.29, 1.82) is 0 Å². The smallest absolute Gasteiger partial charge is 0.0442 e. The molecule has 0 spiro atoms. The van der Waals surface area contributed by atoms with E-state index in [0.717, 1.165) is 0 Å². The summed E-state index contributed by atoms with van der Waals surface area (Å²) in [4.78, 5) is 0. The van der Waals surface area contributed by atoms with Gasteiger partial charge in [-0.25, -0.2) is 0 Å². The first kappa shape index (κ1) is 22.5. The lowest BCUT2D eigenvalue weighted by atomic mass is 10.3. The standard InChI is InChI=1S/C5H10.C3H8.C2H6.C2H4/c1-4-5(2)3;1-3-2;2*1-2/h4H,1-3H3;3H2,1-2H3;1-2H3;1-2H2. The Kier molecular flexibility index (Phi) is 88.1. The average molecular weight is 172 g/mol. The van der Waals surface area contributed by atoms with Crippen LogP contribution in [0.5, 0.6) is 0 Å². The minimum Gasteiger partial charge on any atom is -0.106 e. The first-order valence-electron chi connectivity index (χ1n) is 4.78. The monoisotopic (exact) mass is 172 g/mol. The van der Waals surface area contributed by atoms with Crippen LogP contribution >= 0.6 is 0 Å². The van der Waals surface area contributed by atoms with E-state index in [-0.39, 0.29) is 0 Å². The lowest BCUT2D eigenvalue weighted by molar-refractivity contribution is 1.09. The molecule has 0 aromatic rings. The van der Waals surface area contributed by atoms with Crippen molar-refractivity contribution in [1.82, 2.24) is 0 Å². The van der Waals surface area contributed by atoms with Crippen LogP contribution in [-0.2, 0) is 0 Å². The summed E-state index contributed by atoms with van der Waals surface area (Å²) >= 11 is 0. The normalized spacial score (nSPS) is 5.25. The lowest BCUT2D eigenvalue weighted by Gasteiger charge is -1.74. The minimum absolute atomic E-state index is 1.25.